The van der Waals surface area contributed by atoms with E-state index in [0.29, 0.717) is 58.1 Å². The predicted molar refractivity (Wildman–Crippen MR) is 136 cm³/mol. The van der Waals surface area contributed by atoms with E-state index in [4.69, 9.17) is 10.5 Å². The van der Waals surface area contributed by atoms with Crippen molar-refractivity contribution in [2.24, 2.45) is 5.73 Å². The minimum Gasteiger partial charge on any atom is -0.504 e. The molecule has 0 radical (unpaired) electrons. The van der Waals surface area contributed by atoms with Gasteiger partial charge in [-0.2, -0.15) is 0 Å². The summed E-state index contributed by atoms with van der Waals surface area (Å²) in [4.78, 5) is 6.51. The van der Waals surface area contributed by atoms with Crippen LogP contribution in [0.2, 0.25) is 0 Å². The number of piperidine rings is 1. The van der Waals surface area contributed by atoms with E-state index >= 15 is 0 Å². The van der Waals surface area contributed by atoms with Crippen molar-refractivity contribution >= 4 is 16.6 Å². The Balaban J connectivity index is 1.80. The van der Waals surface area contributed by atoms with Crippen LogP contribution in [0.1, 0.15) is 12.0 Å². The van der Waals surface area contributed by atoms with Gasteiger partial charge in [0.15, 0.2) is 11.6 Å². The van der Waals surface area contributed by atoms with E-state index in [1.807, 2.05) is 4.90 Å². The first kappa shape index (κ1) is 24.9. The van der Waals surface area contributed by atoms with Gasteiger partial charge in [-0.1, -0.05) is 6.07 Å². The van der Waals surface area contributed by atoms with Crippen LogP contribution in [0.5, 0.6) is 11.5 Å². The highest BCUT2D eigenvalue weighted by molar-refractivity contribution is 6.02. The zero-order chi connectivity index (χ0) is 26.4. The molecule has 0 bridgehead atoms. The number of rotatable bonds is 4. The van der Waals surface area contributed by atoms with E-state index in [0.717, 1.165) is 0 Å². The zero-order valence-electron chi connectivity index (χ0n) is 20.3. The second kappa shape index (κ2) is 9.57. The summed E-state index contributed by atoms with van der Waals surface area (Å²) in [6, 6.07) is 9.60. The van der Waals surface area contributed by atoms with E-state index in [1.165, 1.54) is 26.2 Å². The lowest BCUT2D eigenvalue weighted by Crippen LogP contribution is -2.50. The van der Waals surface area contributed by atoms with Crippen LogP contribution in [0.4, 0.5) is 18.9 Å². The molecule has 6 nitrogen and oxygen atoms in total. The molecule has 5 rings (SSSR count). The normalized spacial score (nSPS) is 17.9. The van der Waals surface area contributed by atoms with Crippen molar-refractivity contribution in [1.82, 2.24) is 4.98 Å². The standard InChI is InChI=1S/C28H26F3N3O3/c1-14-21(30)11-22(31)28(36)26(14)15-3-4-24-19(9-15)27(34-6-5-23(32)25(35)13-34)20(12-33-24)16-7-17(29)10-18(8-16)37-2/h3-4,7-12,23,25,35-36H,5-6,13,32H2,1-2H3/t23-,25+/m0/s1. The van der Waals surface area contributed by atoms with Crippen molar-refractivity contribution in [3.05, 3.63) is 71.7 Å². The number of pyridine rings is 1. The lowest BCUT2D eigenvalue weighted by molar-refractivity contribution is 0.132. The summed E-state index contributed by atoms with van der Waals surface area (Å²) in [6.07, 6.45) is 1.35. The van der Waals surface area contributed by atoms with Gasteiger partial charge in [0.25, 0.3) is 0 Å². The van der Waals surface area contributed by atoms with E-state index < -0.39 is 29.3 Å². The van der Waals surface area contributed by atoms with Gasteiger partial charge in [-0.05, 0) is 54.3 Å². The minimum absolute atomic E-state index is 0.0314. The number of benzene rings is 3. The number of halogens is 3. The number of nitrogens with two attached hydrogens (primary N) is 1. The Labute approximate surface area is 211 Å². The maximum absolute atomic E-state index is 14.5. The number of fused-ring (bicyclic) bond motifs is 1. The van der Waals surface area contributed by atoms with Gasteiger partial charge >= 0.3 is 0 Å². The molecule has 192 valence electrons. The molecule has 37 heavy (non-hydrogen) atoms. The fraction of sp³-hybridized carbons (Fsp3) is 0.250. The van der Waals surface area contributed by atoms with Crippen LogP contribution in [-0.4, -0.2) is 47.5 Å². The van der Waals surface area contributed by atoms with Crippen LogP contribution < -0.4 is 15.4 Å². The number of hydrogen-bond acceptors (Lipinski definition) is 6. The third-order valence-corrected chi connectivity index (χ3v) is 6.95. The lowest BCUT2D eigenvalue weighted by Gasteiger charge is -2.37. The number of phenols is 1. The first-order valence-electron chi connectivity index (χ1n) is 11.8. The molecule has 4 aromatic rings. The Morgan fingerprint density at radius 3 is 2.57 bits per heavy atom. The fourth-order valence-corrected chi connectivity index (χ4v) is 4.93. The average molecular weight is 510 g/mol. The number of ether oxygens (including phenoxy) is 1. The summed E-state index contributed by atoms with van der Waals surface area (Å²) in [6.45, 7) is 2.20. The van der Waals surface area contributed by atoms with Crippen molar-refractivity contribution in [1.29, 1.82) is 0 Å². The van der Waals surface area contributed by atoms with Crippen molar-refractivity contribution in [2.75, 3.05) is 25.1 Å². The maximum Gasteiger partial charge on any atom is 0.168 e. The van der Waals surface area contributed by atoms with Gasteiger partial charge in [0.05, 0.1) is 24.4 Å². The van der Waals surface area contributed by atoms with Crippen LogP contribution in [0.15, 0.2) is 48.7 Å². The number of aliphatic hydroxyl groups excluding tert-OH is 1. The number of aromatic nitrogens is 1. The van der Waals surface area contributed by atoms with Gasteiger partial charge in [0, 0.05) is 54.0 Å². The Hall–Kier alpha value is -3.82. The molecule has 0 spiro atoms. The molecule has 9 heteroatoms. The van der Waals surface area contributed by atoms with Gasteiger partial charge in [0.1, 0.15) is 17.4 Å². The molecule has 1 saturated heterocycles. The Morgan fingerprint density at radius 1 is 1.05 bits per heavy atom. The van der Waals surface area contributed by atoms with E-state index in [-0.39, 0.29) is 23.7 Å². The van der Waals surface area contributed by atoms with Gasteiger partial charge in [-0.3, -0.25) is 4.98 Å². The first-order valence-corrected chi connectivity index (χ1v) is 11.8. The summed E-state index contributed by atoms with van der Waals surface area (Å²) in [5, 5.41) is 21.6. The molecule has 1 aliphatic heterocycles. The molecule has 0 aliphatic carbocycles. The van der Waals surface area contributed by atoms with Gasteiger partial charge in [-0.15, -0.1) is 0 Å². The number of aliphatic hydroxyl groups is 1. The van der Waals surface area contributed by atoms with Crippen molar-refractivity contribution in [3.63, 3.8) is 0 Å². The quantitative estimate of drug-likeness (QED) is 0.362. The molecule has 2 atom stereocenters. The predicted octanol–water partition coefficient (Wildman–Crippen LogP) is 4.91. The van der Waals surface area contributed by atoms with E-state index in [9.17, 15) is 23.4 Å². The van der Waals surface area contributed by atoms with E-state index in [2.05, 4.69) is 4.98 Å². The van der Waals surface area contributed by atoms with Crippen LogP contribution in [-0.2, 0) is 0 Å². The summed E-state index contributed by atoms with van der Waals surface area (Å²) in [5.41, 5.74) is 8.87. The molecule has 0 saturated carbocycles. The Kier molecular flexibility index (Phi) is 6.43. The SMILES string of the molecule is COc1cc(F)cc(-c2cnc3ccc(-c4c(C)c(F)cc(F)c4O)cc3c2N2CC[C@H](N)[C@H](O)C2)c1. The molecule has 3 aromatic carbocycles. The summed E-state index contributed by atoms with van der Waals surface area (Å²) in [7, 11) is 1.44. The minimum atomic E-state index is -1.06. The number of hydrogen-bond donors (Lipinski definition) is 3. The number of methoxy groups -OCH3 is 1. The largest absolute Gasteiger partial charge is 0.504 e. The second-order valence-corrected chi connectivity index (χ2v) is 9.29. The summed E-state index contributed by atoms with van der Waals surface area (Å²) >= 11 is 0. The van der Waals surface area contributed by atoms with Gasteiger partial charge in [-0.25, -0.2) is 13.2 Å². The number of β-amino-alcohol motifs (C(OH)–C–C–N with tert-alkyl or cyclic N) is 1. The van der Waals surface area contributed by atoms with Crippen LogP contribution in [0.25, 0.3) is 33.2 Å². The topological polar surface area (TPSA) is 91.8 Å². The monoisotopic (exact) mass is 509 g/mol. The number of nitrogens with zero attached hydrogens (tertiary/aromatic N) is 2. The second-order valence-electron chi connectivity index (χ2n) is 9.29. The summed E-state index contributed by atoms with van der Waals surface area (Å²) < 4.78 is 48.4. The Morgan fingerprint density at radius 2 is 1.84 bits per heavy atom. The molecular formula is C28H26F3N3O3. The molecule has 1 fully saturated rings. The average Bonchev–Trinajstić information content (AvgIpc) is 2.88. The maximum atomic E-state index is 14.5. The number of aromatic hydroxyl groups is 1. The zero-order valence-corrected chi connectivity index (χ0v) is 20.3. The van der Waals surface area contributed by atoms with Crippen LogP contribution >= 0.6 is 0 Å². The van der Waals surface area contributed by atoms with Gasteiger partial charge < -0.3 is 25.6 Å². The molecule has 0 unspecified atom stereocenters. The summed E-state index contributed by atoms with van der Waals surface area (Å²) in [5.74, 6) is -2.67. The molecule has 2 heterocycles. The molecular weight excluding hydrogens is 483 g/mol. The van der Waals surface area contributed by atoms with Crippen LogP contribution in [0, 0.1) is 24.4 Å². The highest BCUT2D eigenvalue weighted by Gasteiger charge is 2.28. The first-order chi connectivity index (χ1) is 17.7. The fourth-order valence-electron chi connectivity index (χ4n) is 4.93. The van der Waals surface area contributed by atoms with Crippen molar-refractivity contribution in [3.8, 4) is 33.8 Å². The molecule has 4 N–H and O–H groups in total. The van der Waals surface area contributed by atoms with Gasteiger partial charge in [0.2, 0.25) is 0 Å². The highest BCUT2D eigenvalue weighted by atomic mass is 19.1. The molecule has 1 aromatic heterocycles. The van der Waals surface area contributed by atoms with E-state index in [1.54, 1.807) is 30.5 Å². The van der Waals surface area contributed by atoms with Crippen molar-refractivity contribution in [2.45, 2.75) is 25.5 Å². The third-order valence-electron chi connectivity index (χ3n) is 6.95. The number of phenolic OH excluding ortho intramolecular Hbond substituents is 1. The third kappa shape index (κ3) is 4.45. The van der Waals surface area contributed by atoms with Crippen LogP contribution in [0.3, 0.4) is 0 Å². The van der Waals surface area contributed by atoms with Crippen molar-refractivity contribution < 1.29 is 28.1 Å². The Bertz CT molecular complexity index is 1490. The molecule has 1 aliphatic rings. The molecule has 0 amide bonds. The number of anilines is 1. The lowest BCUT2D eigenvalue weighted by atomic mass is 9.93. The highest BCUT2D eigenvalue weighted by Crippen LogP contribution is 2.42. The smallest absolute Gasteiger partial charge is 0.168 e.